The summed E-state index contributed by atoms with van der Waals surface area (Å²) in [6, 6.07) is 13.8. The summed E-state index contributed by atoms with van der Waals surface area (Å²) in [5.41, 5.74) is 1.18. The van der Waals surface area contributed by atoms with E-state index in [4.69, 9.17) is 9.47 Å². The van der Waals surface area contributed by atoms with Crippen LogP contribution in [0, 0.1) is 0 Å². The fraction of sp³-hybridized carbons (Fsp3) is 0.174. The van der Waals surface area contributed by atoms with Crippen LogP contribution in [0.15, 0.2) is 69.7 Å². The highest BCUT2D eigenvalue weighted by atomic mass is 32.2. The quantitative estimate of drug-likeness (QED) is 0.190. The number of benzene rings is 2. The van der Waals surface area contributed by atoms with Crippen LogP contribution in [-0.2, 0) is 19.1 Å². The molecule has 1 amide bonds. The van der Waals surface area contributed by atoms with Gasteiger partial charge in [0.05, 0.1) is 30.9 Å². The van der Waals surface area contributed by atoms with E-state index in [1.54, 1.807) is 42.5 Å². The van der Waals surface area contributed by atoms with E-state index in [9.17, 15) is 14.4 Å². The number of nitrogens with zero attached hydrogens (tertiary/aromatic N) is 2. The Morgan fingerprint density at radius 3 is 2.44 bits per heavy atom. The zero-order valence-corrected chi connectivity index (χ0v) is 19.2. The third-order valence-corrected chi connectivity index (χ3v) is 5.11. The molecular formula is C23H21N3O7S. The Morgan fingerprint density at radius 2 is 1.74 bits per heavy atom. The standard InChI is InChI=1S/C23H21N3O7S/c1-30-20(27)13-19-21(28)25-23(34-19)26-24-14-15-4-3-5-18(12-15)33-11-10-32-17-8-6-16(7-9-17)22(29)31-2/h3-9,12-14H,10-11H2,1-2H3,(H,25,26,28)/b19-13+,24-14?. The van der Waals surface area contributed by atoms with E-state index in [0.717, 1.165) is 23.4 Å². The normalized spacial score (nSPS) is 15.4. The van der Waals surface area contributed by atoms with Crippen LogP contribution in [0.2, 0.25) is 0 Å². The number of hydrogen-bond acceptors (Lipinski definition) is 10. The summed E-state index contributed by atoms with van der Waals surface area (Å²) in [6.07, 6.45) is 2.60. The molecule has 0 spiro atoms. The van der Waals surface area contributed by atoms with Gasteiger partial charge in [-0.05, 0) is 53.7 Å². The number of carbonyl (C=O) groups excluding carboxylic acids is 3. The maximum absolute atomic E-state index is 11.8. The molecule has 1 aliphatic heterocycles. The molecule has 0 unspecified atom stereocenters. The second-order valence-electron chi connectivity index (χ2n) is 6.52. The molecular weight excluding hydrogens is 462 g/mol. The Balaban J connectivity index is 1.47. The van der Waals surface area contributed by atoms with Crippen LogP contribution in [0.25, 0.3) is 0 Å². The van der Waals surface area contributed by atoms with Crippen molar-refractivity contribution in [3.05, 3.63) is 70.6 Å². The van der Waals surface area contributed by atoms with Crippen LogP contribution in [0.5, 0.6) is 11.5 Å². The molecule has 34 heavy (non-hydrogen) atoms. The van der Waals surface area contributed by atoms with E-state index in [1.807, 2.05) is 6.07 Å². The lowest BCUT2D eigenvalue weighted by molar-refractivity contribution is -0.135. The minimum atomic E-state index is -0.624. The van der Waals surface area contributed by atoms with Gasteiger partial charge in [0.2, 0.25) is 0 Å². The predicted octanol–water partition coefficient (Wildman–Crippen LogP) is 2.54. The van der Waals surface area contributed by atoms with Crippen LogP contribution in [0.4, 0.5) is 0 Å². The summed E-state index contributed by atoms with van der Waals surface area (Å²) in [5, 5.41) is 10.7. The number of carbonyl (C=O) groups is 3. The molecule has 0 saturated carbocycles. The van der Waals surface area contributed by atoms with E-state index in [0.29, 0.717) is 30.3 Å². The van der Waals surface area contributed by atoms with Crippen LogP contribution in [0.3, 0.4) is 0 Å². The molecule has 1 heterocycles. The number of hydrogen-bond donors (Lipinski definition) is 1. The van der Waals surface area contributed by atoms with Crippen molar-refractivity contribution in [2.24, 2.45) is 10.2 Å². The van der Waals surface area contributed by atoms with Gasteiger partial charge in [0, 0.05) is 6.08 Å². The molecule has 0 atom stereocenters. The van der Waals surface area contributed by atoms with Crippen molar-refractivity contribution < 1.29 is 33.3 Å². The molecule has 2 aromatic carbocycles. The second-order valence-corrected chi connectivity index (χ2v) is 7.55. The Labute approximate surface area is 199 Å². The third kappa shape index (κ3) is 7.20. The van der Waals surface area contributed by atoms with Gasteiger partial charge in [-0.3, -0.25) is 10.1 Å². The Morgan fingerprint density at radius 1 is 1.00 bits per heavy atom. The smallest absolute Gasteiger partial charge is 0.337 e. The molecule has 0 aliphatic carbocycles. The van der Waals surface area contributed by atoms with Gasteiger partial charge in [0.15, 0.2) is 5.17 Å². The van der Waals surface area contributed by atoms with Crippen molar-refractivity contribution in [1.82, 2.24) is 5.32 Å². The summed E-state index contributed by atoms with van der Waals surface area (Å²) < 4.78 is 20.5. The van der Waals surface area contributed by atoms with Crippen molar-refractivity contribution >= 4 is 41.0 Å². The van der Waals surface area contributed by atoms with E-state index >= 15 is 0 Å². The first-order valence-corrected chi connectivity index (χ1v) is 10.7. The summed E-state index contributed by atoms with van der Waals surface area (Å²) in [6.45, 7) is 0.613. The minimum absolute atomic E-state index is 0.179. The van der Waals surface area contributed by atoms with Crippen LogP contribution in [0.1, 0.15) is 15.9 Å². The lowest BCUT2D eigenvalue weighted by Crippen LogP contribution is -2.19. The van der Waals surface area contributed by atoms with Gasteiger partial charge >= 0.3 is 11.9 Å². The summed E-state index contributed by atoms with van der Waals surface area (Å²) in [7, 11) is 2.56. The zero-order valence-electron chi connectivity index (χ0n) is 18.3. The Hall–Kier alpha value is -4.12. The van der Waals surface area contributed by atoms with Crippen LogP contribution in [-0.4, -0.2) is 56.7 Å². The van der Waals surface area contributed by atoms with E-state index in [1.165, 1.54) is 20.4 Å². The first kappa shape index (κ1) is 24.5. The fourth-order valence-corrected chi connectivity index (χ4v) is 3.34. The third-order valence-electron chi connectivity index (χ3n) is 4.21. The first-order chi connectivity index (χ1) is 16.5. The number of methoxy groups -OCH3 is 2. The average Bonchev–Trinajstić information content (AvgIpc) is 3.20. The number of ether oxygens (including phenoxy) is 4. The molecule has 3 rings (SSSR count). The molecule has 1 fully saturated rings. The first-order valence-electron chi connectivity index (χ1n) is 9.92. The fourth-order valence-electron chi connectivity index (χ4n) is 2.60. The molecule has 0 radical (unpaired) electrons. The lowest BCUT2D eigenvalue weighted by atomic mass is 10.2. The van der Waals surface area contributed by atoms with Crippen LogP contribution >= 0.6 is 11.8 Å². The minimum Gasteiger partial charge on any atom is -0.490 e. The highest BCUT2D eigenvalue weighted by Crippen LogP contribution is 2.23. The molecule has 1 saturated heterocycles. The van der Waals surface area contributed by atoms with Crippen molar-refractivity contribution in [3.63, 3.8) is 0 Å². The van der Waals surface area contributed by atoms with E-state index < -0.39 is 17.8 Å². The highest BCUT2D eigenvalue weighted by Gasteiger charge is 2.25. The molecule has 0 aromatic heterocycles. The highest BCUT2D eigenvalue weighted by molar-refractivity contribution is 8.18. The van der Waals surface area contributed by atoms with Gasteiger partial charge in [-0.1, -0.05) is 12.1 Å². The van der Waals surface area contributed by atoms with Gasteiger partial charge < -0.3 is 18.9 Å². The van der Waals surface area contributed by atoms with Crippen molar-refractivity contribution in [2.45, 2.75) is 0 Å². The van der Waals surface area contributed by atoms with Crippen molar-refractivity contribution in [1.29, 1.82) is 0 Å². The molecule has 0 bridgehead atoms. The van der Waals surface area contributed by atoms with Gasteiger partial charge in [0.25, 0.3) is 5.91 Å². The van der Waals surface area contributed by atoms with Gasteiger partial charge in [-0.2, -0.15) is 5.10 Å². The summed E-state index contributed by atoms with van der Waals surface area (Å²) >= 11 is 0.990. The van der Waals surface area contributed by atoms with Gasteiger partial charge in [0.1, 0.15) is 24.7 Å². The summed E-state index contributed by atoms with van der Waals surface area (Å²) in [5.74, 6) is -0.246. The molecule has 11 heteroatoms. The monoisotopic (exact) mass is 483 g/mol. The molecule has 1 aliphatic rings. The largest absolute Gasteiger partial charge is 0.490 e. The van der Waals surface area contributed by atoms with Crippen molar-refractivity contribution in [3.8, 4) is 11.5 Å². The molecule has 10 nitrogen and oxygen atoms in total. The number of nitrogens with one attached hydrogen (secondary N) is 1. The number of thioether (sulfide) groups is 1. The number of amidine groups is 1. The van der Waals surface area contributed by atoms with Gasteiger partial charge in [-0.15, -0.1) is 5.10 Å². The SMILES string of the molecule is COC(=O)/C=C1/S/C(=N\N=Cc2cccc(OCCOc3ccc(C(=O)OC)cc3)c2)NC1=O. The van der Waals surface area contributed by atoms with Crippen molar-refractivity contribution in [2.75, 3.05) is 27.4 Å². The number of amides is 1. The second kappa shape index (κ2) is 12.2. The average molecular weight is 484 g/mol. The maximum Gasteiger partial charge on any atom is 0.337 e. The predicted molar refractivity (Wildman–Crippen MR) is 126 cm³/mol. The summed E-state index contributed by atoms with van der Waals surface area (Å²) in [4.78, 5) is 34.7. The zero-order chi connectivity index (χ0) is 24.3. The van der Waals surface area contributed by atoms with Crippen LogP contribution < -0.4 is 14.8 Å². The maximum atomic E-state index is 11.8. The number of rotatable bonds is 9. The topological polar surface area (TPSA) is 125 Å². The number of esters is 2. The molecule has 176 valence electrons. The lowest BCUT2D eigenvalue weighted by Gasteiger charge is -2.09. The molecule has 1 N–H and O–H groups in total. The Kier molecular flexibility index (Phi) is 8.81. The van der Waals surface area contributed by atoms with E-state index in [-0.39, 0.29) is 10.1 Å². The molecule has 2 aromatic rings. The van der Waals surface area contributed by atoms with E-state index in [2.05, 4.69) is 25.0 Å². The Bertz CT molecular complexity index is 1140. The van der Waals surface area contributed by atoms with Gasteiger partial charge in [-0.25, -0.2) is 9.59 Å².